The Morgan fingerprint density at radius 1 is 1.24 bits per heavy atom. The Kier molecular flexibility index (Phi) is 3.35. The summed E-state index contributed by atoms with van der Waals surface area (Å²) in [5, 5.41) is 6.16. The first-order chi connectivity index (χ1) is 10.0. The molecule has 0 radical (unpaired) electrons. The van der Waals surface area contributed by atoms with E-state index in [4.69, 9.17) is 0 Å². The minimum atomic E-state index is -0.813. The number of benzene rings is 1. The molecule has 0 aromatic heterocycles. The van der Waals surface area contributed by atoms with E-state index < -0.39 is 5.54 Å². The van der Waals surface area contributed by atoms with Gasteiger partial charge in [-0.25, -0.2) is 0 Å². The Labute approximate surface area is 124 Å². The van der Waals surface area contributed by atoms with Crippen molar-refractivity contribution in [3.63, 3.8) is 0 Å². The third-order valence-electron chi connectivity index (χ3n) is 4.40. The number of nitrogens with one attached hydrogen (secondary N) is 2. The molecule has 0 spiro atoms. The molecule has 1 saturated heterocycles. The zero-order chi connectivity index (χ0) is 15.0. The van der Waals surface area contributed by atoms with E-state index in [0.29, 0.717) is 18.7 Å². The van der Waals surface area contributed by atoms with Crippen LogP contribution in [0.5, 0.6) is 0 Å². The third kappa shape index (κ3) is 2.26. The minimum absolute atomic E-state index is 0.0684. The zero-order valence-electron chi connectivity index (χ0n) is 12.5. The molecule has 21 heavy (non-hydrogen) atoms. The Morgan fingerprint density at radius 2 is 2.05 bits per heavy atom. The van der Waals surface area contributed by atoms with Gasteiger partial charge < -0.3 is 15.5 Å². The van der Waals surface area contributed by atoms with Gasteiger partial charge in [-0.3, -0.25) is 9.59 Å². The van der Waals surface area contributed by atoms with E-state index in [0.717, 1.165) is 25.1 Å². The highest BCUT2D eigenvalue weighted by Gasteiger charge is 2.41. The van der Waals surface area contributed by atoms with Gasteiger partial charge in [0.05, 0.1) is 11.3 Å². The summed E-state index contributed by atoms with van der Waals surface area (Å²) in [6.07, 6.45) is 2.08. The van der Waals surface area contributed by atoms with Crippen molar-refractivity contribution in [2.45, 2.75) is 32.2 Å². The van der Waals surface area contributed by atoms with Crippen molar-refractivity contribution >= 4 is 17.5 Å². The fourth-order valence-electron chi connectivity index (χ4n) is 3.09. The number of piperazine rings is 1. The molecule has 0 aliphatic carbocycles. The number of hydrogen-bond acceptors (Lipinski definition) is 3. The average molecular weight is 287 g/mol. The lowest BCUT2D eigenvalue weighted by molar-refractivity contribution is -0.133. The van der Waals surface area contributed by atoms with E-state index >= 15 is 0 Å². The van der Waals surface area contributed by atoms with Gasteiger partial charge in [0, 0.05) is 19.6 Å². The quantitative estimate of drug-likeness (QED) is 0.820. The van der Waals surface area contributed by atoms with Crippen molar-refractivity contribution in [3.05, 3.63) is 29.3 Å². The van der Waals surface area contributed by atoms with Gasteiger partial charge in [-0.05, 0) is 38.3 Å². The molecule has 1 aromatic rings. The fraction of sp³-hybridized carbons (Fsp3) is 0.500. The van der Waals surface area contributed by atoms with Crippen LogP contribution in [0.3, 0.4) is 0 Å². The predicted octanol–water partition coefficient (Wildman–Crippen LogP) is 1.40. The predicted molar refractivity (Wildman–Crippen MR) is 81.4 cm³/mol. The highest BCUT2D eigenvalue weighted by atomic mass is 16.2. The first-order valence-corrected chi connectivity index (χ1v) is 7.48. The van der Waals surface area contributed by atoms with Crippen LogP contribution in [0.15, 0.2) is 18.2 Å². The van der Waals surface area contributed by atoms with E-state index in [2.05, 4.69) is 16.7 Å². The summed E-state index contributed by atoms with van der Waals surface area (Å²) in [5.74, 6) is -0.166. The molecule has 112 valence electrons. The molecule has 2 N–H and O–H groups in total. The topological polar surface area (TPSA) is 61.4 Å². The van der Waals surface area contributed by atoms with Gasteiger partial charge in [0.25, 0.3) is 5.91 Å². The lowest BCUT2D eigenvalue weighted by Crippen LogP contribution is -2.63. The van der Waals surface area contributed by atoms with E-state index in [1.54, 1.807) is 18.7 Å². The van der Waals surface area contributed by atoms with Gasteiger partial charge in [0.1, 0.15) is 5.54 Å². The Balaban J connectivity index is 1.97. The number of amides is 2. The summed E-state index contributed by atoms with van der Waals surface area (Å²) >= 11 is 0. The van der Waals surface area contributed by atoms with Gasteiger partial charge in [0.2, 0.25) is 5.91 Å². The highest BCUT2D eigenvalue weighted by Crippen LogP contribution is 2.29. The molecule has 0 unspecified atom stereocenters. The molecular formula is C16H21N3O2. The summed E-state index contributed by atoms with van der Waals surface area (Å²) < 4.78 is 0. The standard InChI is InChI=1S/C16H21N3O2/c1-16(2)15(21)18-9-10-19(16)14(20)12-7-3-5-11-6-4-8-17-13(11)12/h3,5,7,17H,4,6,8-10H2,1-2H3,(H,18,21). The van der Waals surface area contributed by atoms with Crippen LogP contribution in [-0.4, -0.2) is 41.9 Å². The molecule has 0 atom stereocenters. The first-order valence-electron chi connectivity index (χ1n) is 7.48. The van der Waals surface area contributed by atoms with E-state index in [-0.39, 0.29) is 11.8 Å². The second kappa shape index (κ2) is 5.06. The lowest BCUT2D eigenvalue weighted by Gasteiger charge is -2.41. The van der Waals surface area contributed by atoms with Crippen LogP contribution < -0.4 is 10.6 Å². The number of aryl methyl sites for hydroxylation is 1. The SMILES string of the molecule is CC1(C)C(=O)NCCN1C(=O)c1cccc2c1NCCC2. The van der Waals surface area contributed by atoms with Gasteiger partial charge >= 0.3 is 0 Å². The largest absolute Gasteiger partial charge is 0.384 e. The normalized spacial score (nSPS) is 20.3. The van der Waals surface area contributed by atoms with Crippen LogP contribution in [0.2, 0.25) is 0 Å². The van der Waals surface area contributed by atoms with Crippen LogP contribution in [0.1, 0.15) is 36.2 Å². The Hall–Kier alpha value is -2.04. The van der Waals surface area contributed by atoms with Gasteiger partial charge in [0.15, 0.2) is 0 Å². The third-order valence-corrected chi connectivity index (χ3v) is 4.40. The number of rotatable bonds is 1. The second-order valence-electron chi connectivity index (χ2n) is 6.14. The Morgan fingerprint density at radius 3 is 2.86 bits per heavy atom. The van der Waals surface area contributed by atoms with Crippen molar-refractivity contribution in [1.82, 2.24) is 10.2 Å². The molecule has 2 amide bonds. The summed E-state index contributed by atoms with van der Waals surface area (Å²) in [6, 6.07) is 5.84. The maximum absolute atomic E-state index is 12.9. The molecule has 2 aliphatic heterocycles. The van der Waals surface area contributed by atoms with Gasteiger partial charge in [-0.1, -0.05) is 12.1 Å². The highest BCUT2D eigenvalue weighted by molar-refractivity contribution is 6.03. The summed E-state index contributed by atoms with van der Waals surface area (Å²) in [4.78, 5) is 26.6. The van der Waals surface area contributed by atoms with Crippen LogP contribution in [0.25, 0.3) is 0 Å². The minimum Gasteiger partial charge on any atom is -0.384 e. The number of para-hydroxylation sites is 1. The maximum atomic E-state index is 12.9. The van der Waals surface area contributed by atoms with Gasteiger partial charge in [-0.15, -0.1) is 0 Å². The monoisotopic (exact) mass is 287 g/mol. The molecule has 5 nitrogen and oxygen atoms in total. The zero-order valence-corrected chi connectivity index (χ0v) is 12.5. The lowest BCUT2D eigenvalue weighted by atomic mass is 9.95. The van der Waals surface area contributed by atoms with Gasteiger partial charge in [-0.2, -0.15) is 0 Å². The van der Waals surface area contributed by atoms with Crippen LogP contribution >= 0.6 is 0 Å². The number of anilines is 1. The fourth-order valence-corrected chi connectivity index (χ4v) is 3.09. The number of nitrogens with zero attached hydrogens (tertiary/aromatic N) is 1. The molecular weight excluding hydrogens is 266 g/mol. The van der Waals surface area contributed by atoms with E-state index in [9.17, 15) is 9.59 Å². The van der Waals surface area contributed by atoms with Crippen LogP contribution in [0.4, 0.5) is 5.69 Å². The van der Waals surface area contributed by atoms with E-state index in [1.807, 2.05) is 12.1 Å². The van der Waals surface area contributed by atoms with Crippen molar-refractivity contribution in [1.29, 1.82) is 0 Å². The molecule has 1 aromatic carbocycles. The molecule has 0 bridgehead atoms. The summed E-state index contributed by atoms with van der Waals surface area (Å²) in [6.45, 7) is 5.53. The number of fused-ring (bicyclic) bond motifs is 1. The molecule has 0 saturated carbocycles. The van der Waals surface area contributed by atoms with Crippen molar-refractivity contribution < 1.29 is 9.59 Å². The number of carbonyl (C=O) groups is 2. The molecule has 3 rings (SSSR count). The number of carbonyl (C=O) groups excluding carboxylic acids is 2. The second-order valence-corrected chi connectivity index (χ2v) is 6.14. The van der Waals surface area contributed by atoms with Crippen molar-refractivity contribution in [2.75, 3.05) is 25.0 Å². The molecule has 1 fully saturated rings. The molecule has 2 heterocycles. The summed E-state index contributed by atoms with van der Waals surface area (Å²) in [5.41, 5.74) is 1.99. The molecule has 2 aliphatic rings. The van der Waals surface area contributed by atoms with Crippen LogP contribution in [0, 0.1) is 0 Å². The van der Waals surface area contributed by atoms with Crippen molar-refractivity contribution in [3.8, 4) is 0 Å². The van der Waals surface area contributed by atoms with Crippen molar-refractivity contribution in [2.24, 2.45) is 0 Å². The smallest absolute Gasteiger partial charge is 0.256 e. The van der Waals surface area contributed by atoms with Crippen LogP contribution in [-0.2, 0) is 11.2 Å². The average Bonchev–Trinajstić information content (AvgIpc) is 2.49. The van der Waals surface area contributed by atoms with E-state index in [1.165, 1.54) is 5.56 Å². The Bertz CT molecular complexity index is 595. The molecule has 5 heteroatoms. The first kappa shape index (κ1) is 13.9. The maximum Gasteiger partial charge on any atom is 0.256 e. The summed E-state index contributed by atoms with van der Waals surface area (Å²) in [7, 11) is 0. The number of hydrogen-bond donors (Lipinski definition) is 2.